The summed E-state index contributed by atoms with van der Waals surface area (Å²) >= 11 is 7.66. The predicted octanol–water partition coefficient (Wildman–Crippen LogP) is 3.52. The second-order valence-electron chi connectivity index (χ2n) is 5.49. The molecule has 2 aliphatic rings. The minimum atomic E-state index is -0.122. The summed E-state index contributed by atoms with van der Waals surface area (Å²) in [6, 6.07) is 2.09. The Labute approximate surface area is 117 Å². The van der Waals surface area contributed by atoms with Gasteiger partial charge < -0.3 is 5.32 Å². The molecule has 3 rings (SSSR count). The van der Waals surface area contributed by atoms with Crippen molar-refractivity contribution in [1.29, 1.82) is 0 Å². The maximum absolute atomic E-state index is 12.3. The summed E-state index contributed by atoms with van der Waals surface area (Å²) < 4.78 is 0. The van der Waals surface area contributed by atoms with Gasteiger partial charge in [-0.3, -0.25) is 4.79 Å². The molecular weight excluding hydrogens is 266 g/mol. The van der Waals surface area contributed by atoms with Gasteiger partial charge in [0.25, 0.3) is 5.91 Å². The van der Waals surface area contributed by atoms with Gasteiger partial charge in [0.1, 0.15) is 0 Å². The van der Waals surface area contributed by atoms with E-state index in [1.54, 1.807) is 11.3 Å². The highest BCUT2D eigenvalue weighted by atomic mass is 35.5. The number of alkyl halides is 1. The van der Waals surface area contributed by atoms with Crippen molar-refractivity contribution >= 4 is 28.8 Å². The molecule has 1 aromatic rings. The van der Waals surface area contributed by atoms with E-state index >= 15 is 0 Å². The standard InChI is InChI=1S/C14H18ClNOS/c15-9-14(6-3-7-14)16-13(17)12-8-10-4-1-2-5-11(10)18-12/h8H,1-7,9H2,(H,16,17). The lowest BCUT2D eigenvalue weighted by Crippen LogP contribution is -2.54. The molecule has 1 amide bonds. The summed E-state index contributed by atoms with van der Waals surface area (Å²) in [7, 11) is 0. The number of hydrogen-bond donors (Lipinski definition) is 1. The molecule has 0 unspecified atom stereocenters. The van der Waals surface area contributed by atoms with E-state index in [9.17, 15) is 4.79 Å². The molecule has 0 radical (unpaired) electrons. The Bertz CT molecular complexity index is 435. The fraction of sp³-hybridized carbons (Fsp3) is 0.643. The smallest absolute Gasteiger partial charge is 0.261 e. The molecule has 4 heteroatoms. The highest BCUT2D eigenvalue weighted by Gasteiger charge is 2.38. The van der Waals surface area contributed by atoms with Gasteiger partial charge in [0.05, 0.1) is 10.4 Å². The monoisotopic (exact) mass is 283 g/mol. The van der Waals surface area contributed by atoms with Crippen molar-refractivity contribution in [3.63, 3.8) is 0 Å². The molecule has 1 heterocycles. The van der Waals surface area contributed by atoms with Crippen LogP contribution in [0.15, 0.2) is 6.07 Å². The maximum Gasteiger partial charge on any atom is 0.261 e. The molecule has 2 aliphatic carbocycles. The van der Waals surface area contributed by atoms with E-state index in [4.69, 9.17) is 11.6 Å². The largest absolute Gasteiger partial charge is 0.345 e. The van der Waals surface area contributed by atoms with Crippen LogP contribution in [-0.4, -0.2) is 17.3 Å². The quantitative estimate of drug-likeness (QED) is 0.845. The zero-order valence-corrected chi connectivity index (χ0v) is 12.0. The van der Waals surface area contributed by atoms with E-state index < -0.39 is 0 Å². The van der Waals surface area contributed by atoms with Crippen molar-refractivity contribution < 1.29 is 4.79 Å². The minimum absolute atomic E-state index is 0.0785. The van der Waals surface area contributed by atoms with Crippen LogP contribution in [0.4, 0.5) is 0 Å². The molecule has 1 saturated carbocycles. The van der Waals surface area contributed by atoms with Crippen LogP contribution in [0, 0.1) is 0 Å². The molecule has 18 heavy (non-hydrogen) atoms. The third kappa shape index (κ3) is 2.19. The van der Waals surface area contributed by atoms with E-state index in [1.807, 2.05) is 0 Å². The molecular formula is C14H18ClNOS. The molecule has 1 N–H and O–H groups in total. The highest BCUT2D eigenvalue weighted by molar-refractivity contribution is 7.14. The van der Waals surface area contributed by atoms with E-state index in [0.717, 1.165) is 30.6 Å². The molecule has 1 aromatic heterocycles. The van der Waals surface area contributed by atoms with Crippen LogP contribution in [0.2, 0.25) is 0 Å². The Balaban J connectivity index is 1.74. The summed E-state index contributed by atoms with van der Waals surface area (Å²) in [6.45, 7) is 0. The third-order valence-electron chi connectivity index (χ3n) is 4.17. The van der Waals surface area contributed by atoms with Crippen molar-refractivity contribution in [3.8, 4) is 0 Å². The molecule has 0 aromatic carbocycles. The fourth-order valence-electron chi connectivity index (χ4n) is 2.80. The summed E-state index contributed by atoms with van der Waals surface area (Å²) in [5.41, 5.74) is 1.27. The van der Waals surface area contributed by atoms with Crippen LogP contribution < -0.4 is 5.32 Å². The number of halogens is 1. The first kappa shape index (κ1) is 12.5. The van der Waals surface area contributed by atoms with Crippen LogP contribution in [-0.2, 0) is 12.8 Å². The number of rotatable bonds is 3. The molecule has 0 saturated heterocycles. The van der Waals surface area contributed by atoms with Gasteiger partial charge in [-0.25, -0.2) is 0 Å². The molecule has 98 valence electrons. The van der Waals surface area contributed by atoms with Crippen molar-refractivity contribution in [2.45, 2.75) is 50.5 Å². The average molecular weight is 284 g/mol. The normalized spacial score (nSPS) is 20.9. The number of thiophene rings is 1. The first-order valence-corrected chi connectivity index (χ1v) is 8.08. The lowest BCUT2D eigenvalue weighted by molar-refractivity contribution is 0.0858. The maximum atomic E-state index is 12.3. The van der Waals surface area contributed by atoms with Gasteiger partial charge in [0.15, 0.2) is 0 Å². The Morgan fingerprint density at radius 3 is 2.72 bits per heavy atom. The van der Waals surface area contributed by atoms with Crippen LogP contribution in [0.1, 0.15) is 52.2 Å². The number of nitrogens with one attached hydrogen (secondary N) is 1. The number of carbonyl (C=O) groups excluding carboxylic acids is 1. The summed E-state index contributed by atoms with van der Waals surface area (Å²) in [6.07, 6.45) is 8.03. The van der Waals surface area contributed by atoms with Crippen LogP contribution in [0.5, 0.6) is 0 Å². The molecule has 0 bridgehead atoms. The first-order chi connectivity index (χ1) is 8.72. The zero-order chi connectivity index (χ0) is 12.6. The fourth-order valence-corrected chi connectivity index (χ4v) is 4.28. The molecule has 2 nitrogen and oxygen atoms in total. The Kier molecular flexibility index (Phi) is 3.37. The number of carbonyl (C=O) groups is 1. The van der Waals surface area contributed by atoms with Crippen LogP contribution in [0.3, 0.4) is 0 Å². The lowest BCUT2D eigenvalue weighted by Gasteiger charge is -2.40. The third-order valence-corrected chi connectivity index (χ3v) is 5.91. The Morgan fingerprint density at radius 2 is 2.11 bits per heavy atom. The first-order valence-electron chi connectivity index (χ1n) is 6.72. The zero-order valence-electron chi connectivity index (χ0n) is 10.4. The van der Waals surface area contributed by atoms with Crippen molar-refractivity contribution in [1.82, 2.24) is 5.32 Å². The van der Waals surface area contributed by atoms with Crippen molar-refractivity contribution in [3.05, 3.63) is 21.4 Å². The van der Waals surface area contributed by atoms with Gasteiger partial charge in [-0.15, -0.1) is 22.9 Å². The van der Waals surface area contributed by atoms with E-state index in [-0.39, 0.29) is 11.4 Å². The second-order valence-corrected chi connectivity index (χ2v) is 6.89. The van der Waals surface area contributed by atoms with Gasteiger partial charge in [-0.2, -0.15) is 0 Å². The predicted molar refractivity (Wildman–Crippen MR) is 75.7 cm³/mol. The summed E-state index contributed by atoms with van der Waals surface area (Å²) in [4.78, 5) is 14.6. The number of hydrogen-bond acceptors (Lipinski definition) is 2. The van der Waals surface area contributed by atoms with Gasteiger partial charge in [-0.1, -0.05) is 0 Å². The Morgan fingerprint density at radius 1 is 1.33 bits per heavy atom. The van der Waals surface area contributed by atoms with Crippen molar-refractivity contribution in [2.75, 3.05) is 5.88 Å². The van der Waals surface area contributed by atoms with Gasteiger partial charge in [0, 0.05) is 10.8 Å². The summed E-state index contributed by atoms with van der Waals surface area (Å²) in [5.74, 6) is 0.610. The van der Waals surface area contributed by atoms with E-state index in [2.05, 4.69) is 11.4 Å². The van der Waals surface area contributed by atoms with E-state index in [1.165, 1.54) is 29.7 Å². The average Bonchev–Trinajstić information content (AvgIpc) is 2.77. The van der Waals surface area contributed by atoms with Crippen LogP contribution in [0.25, 0.3) is 0 Å². The topological polar surface area (TPSA) is 29.1 Å². The summed E-state index contributed by atoms with van der Waals surface area (Å²) in [5, 5.41) is 3.14. The lowest BCUT2D eigenvalue weighted by atomic mass is 9.78. The minimum Gasteiger partial charge on any atom is -0.345 e. The van der Waals surface area contributed by atoms with E-state index in [0.29, 0.717) is 5.88 Å². The number of fused-ring (bicyclic) bond motifs is 1. The second kappa shape index (κ2) is 4.86. The molecule has 0 spiro atoms. The van der Waals surface area contributed by atoms with Gasteiger partial charge in [0.2, 0.25) is 0 Å². The Hall–Kier alpha value is -0.540. The molecule has 0 atom stereocenters. The number of aryl methyl sites for hydroxylation is 2. The van der Waals surface area contributed by atoms with Crippen molar-refractivity contribution in [2.24, 2.45) is 0 Å². The van der Waals surface area contributed by atoms with Gasteiger partial charge in [-0.05, 0) is 56.6 Å². The highest BCUT2D eigenvalue weighted by Crippen LogP contribution is 2.34. The number of amides is 1. The molecule has 0 aliphatic heterocycles. The van der Waals surface area contributed by atoms with Crippen LogP contribution >= 0.6 is 22.9 Å². The van der Waals surface area contributed by atoms with Gasteiger partial charge >= 0.3 is 0 Å². The molecule has 1 fully saturated rings. The SMILES string of the molecule is O=C(NC1(CCl)CCC1)c1cc2c(s1)CCCC2.